The van der Waals surface area contributed by atoms with Crippen LogP contribution in [0.5, 0.6) is 0 Å². The van der Waals surface area contributed by atoms with Gasteiger partial charge in [-0.3, -0.25) is 0 Å². The van der Waals surface area contributed by atoms with Crippen LogP contribution in [0.15, 0.2) is 23.3 Å². The molecular formula is C8H7F8P. The fraction of sp³-hybridized carbons (Fsp3) is 0.500. The first-order chi connectivity index (χ1) is 7.61. The van der Waals surface area contributed by atoms with E-state index in [4.69, 9.17) is 0 Å². The predicted molar refractivity (Wildman–Crippen MR) is 48.0 cm³/mol. The van der Waals surface area contributed by atoms with Crippen LogP contribution in [0.1, 0.15) is 13.3 Å². The number of rotatable bonds is 2. The van der Waals surface area contributed by atoms with Gasteiger partial charge in [0.1, 0.15) is 0 Å². The molecule has 0 nitrogen and oxygen atoms in total. The van der Waals surface area contributed by atoms with Gasteiger partial charge in [0, 0.05) is 0 Å². The molecule has 2 atom stereocenters. The summed E-state index contributed by atoms with van der Waals surface area (Å²) in [5.41, 5.74) is 0. The van der Waals surface area contributed by atoms with E-state index >= 15 is 0 Å². The van der Waals surface area contributed by atoms with Crippen molar-refractivity contribution in [1.82, 2.24) is 0 Å². The van der Waals surface area contributed by atoms with Gasteiger partial charge in [0.05, 0.1) is 0 Å². The summed E-state index contributed by atoms with van der Waals surface area (Å²) in [6.07, 6.45) is -4.80. The summed E-state index contributed by atoms with van der Waals surface area (Å²) in [6, 6.07) is 0. The number of allylic oxidation sites excluding steroid dienone is 4. The van der Waals surface area contributed by atoms with Crippen molar-refractivity contribution in [3.05, 3.63) is 23.3 Å². The molecule has 0 N–H and O–H groups in total. The van der Waals surface area contributed by atoms with Gasteiger partial charge in [0.15, 0.2) is 0 Å². The molecule has 1 aliphatic rings. The zero-order valence-electron chi connectivity index (χ0n) is 8.31. The van der Waals surface area contributed by atoms with Crippen molar-refractivity contribution in [2.24, 2.45) is 0 Å². The van der Waals surface area contributed by atoms with E-state index in [2.05, 4.69) is 0 Å². The molecule has 17 heavy (non-hydrogen) atoms. The number of hydrogen-bond acceptors (Lipinski definition) is 0. The number of halogens is 8. The normalized spacial score (nSPS) is 32.2. The van der Waals surface area contributed by atoms with E-state index in [0.29, 0.717) is 0 Å². The molecule has 0 radical (unpaired) electrons. The third-order valence-corrected chi connectivity index (χ3v) is 4.54. The quantitative estimate of drug-likeness (QED) is 0.484. The molecule has 2 unspecified atom stereocenters. The molecule has 0 aromatic heterocycles. The van der Waals surface area contributed by atoms with Crippen molar-refractivity contribution >= 4 is 8.19 Å². The molecule has 0 bridgehead atoms. The molecule has 0 spiro atoms. The average Bonchev–Trinajstić information content (AvgIpc) is 2.23. The first kappa shape index (κ1) is 14.4. The minimum absolute atomic E-state index is 0.733. The van der Waals surface area contributed by atoms with Gasteiger partial charge in [0.25, 0.3) is 0 Å². The second kappa shape index (κ2) is 4.23. The van der Waals surface area contributed by atoms with E-state index < -0.39 is 49.3 Å². The Hall–Kier alpha value is -0.650. The minimum atomic E-state index is -7.13. The van der Waals surface area contributed by atoms with E-state index in [0.717, 1.165) is 6.92 Å². The van der Waals surface area contributed by atoms with Gasteiger partial charge in [-0.25, -0.2) is 0 Å². The first-order valence-electron chi connectivity index (χ1n) is 4.43. The number of hydrogen-bond donors (Lipinski definition) is 0. The molecule has 0 heterocycles. The fourth-order valence-corrected chi connectivity index (χ4v) is 2.81. The molecule has 0 amide bonds. The summed E-state index contributed by atoms with van der Waals surface area (Å²) in [7, 11) is -7.13. The van der Waals surface area contributed by atoms with E-state index in [1.54, 1.807) is 0 Å². The predicted octanol–water partition coefficient (Wildman–Crippen LogP) is 5.19. The standard InChI is InChI=1S/C8H7F8P/c1-2-8(17(14,15)16)6(12)4(10)3(9)5(11)7(8)13/h6,17H,2H2,1H3. The monoisotopic (exact) mass is 286 g/mol. The Balaban J connectivity index is 3.56. The molecule has 0 aromatic rings. The average molecular weight is 286 g/mol. The Morgan fingerprint density at radius 2 is 1.53 bits per heavy atom. The Morgan fingerprint density at radius 1 is 1.06 bits per heavy atom. The van der Waals surface area contributed by atoms with Crippen molar-refractivity contribution < 1.29 is 34.5 Å². The molecule has 9 heteroatoms. The summed E-state index contributed by atoms with van der Waals surface area (Å²) in [6.45, 7) is 0.733. The van der Waals surface area contributed by atoms with Crippen LogP contribution in [0.4, 0.5) is 34.5 Å². The van der Waals surface area contributed by atoms with Crippen LogP contribution in [-0.4, -0.2) is 11.3 Å². The van der Waals surface area contributed by atoms with Crippen LogP contribution >= 0.6 is 8.19 Å². The maximum atomic E-state index is 13.3. The van der Waals surface area contributed by atoms with Crippen LogP contribution in [0.25, 0.3) is 0 Å². The summed E-state index contributed by atoms with van der Waals surface area (Å²) < 4.78 is 103. The summed E-state index contributed by atoms with van der Waals surface area (Å²) in [4.78, 5) is 0. The van der Waals surface area contributed by atoms with Crippen molar-refractivity contribution in [1.29, 1.82) is 0 Å². The van der Waals surface area contributed by atoms with E-state index in [1.165, 1.54) is 0 Å². The van der Waals surface area contributed by atoms with Crippen molar-refractivity contribution in [2.75, 3.05) is 0 Å². The van der Waals surface area contributed by atoms with Crippen molar-refractivity contribution in [3.8, 4) is 0 Å². The van der Waals surface area contributed by atoms with Crippen molar-refractivity contribution in [2.45, 2.75) is 24.7 Å². The SMILES string of the molecule is CCC1([PH](F)(F)F)C(F)=C(F)C(F)=C(F)C1F. The van der Waals surface area contributed by atoms with Gasteiger partial charge < -0.3 is 0 Å². The van der Waals surface area contributed by atoms with Crippen LogP contribution in [0.3, 0.4) is 0 Å². The van der Waals surface area contributed by atoms with Gasteiger partial charge in [-0.2, -0.15) is 0 Å². The molecule has 0 fully saturated rings. The third kappa shape index (κ3) is 1.77. The van der Waals surface area contributed by atoms with E-state index in [9.17, 15) is 34.5 Å². The van der Waals surface area contributed by atoms with Crippen LogP contribution in [-0.2, 0) is 0 Å². The van der Waals surface area contributed by atoms with Gasteiger partial charge >= 0.3 is 90.7 Å². The second-order valence-corrected chi connectivity index (χ2v) is 5.36. The first-order valence-corrected chi connectivity index (χ1v) is 6.06. The zero-order chi connectivity index (χ0) is 13.6. The molecule has 0 saturated carbocycles. The molecule has 100 valence electrons. The van der Waals surface area contributed by atoms with Crippen LogP contribution < -0.4 is 0 Å². The Bertz CT molecular complexity index is 395. The molecule has 1 rings (SSSR count). The fourth-order valence-electron chi connectivity index (χ4n) is 1.64. The van der Waals surface area contributed by atoms with Gasteiger partial charge in [-0.15, -0.1) is 0 Å². The van der Waals surface area contributed by atoms with E-state index in [1.807, 2.05) is 0 Å². The van der Waals surface area contributed by atoms with Gasteiger partial charge in [0.2, 0.25) is 0 Å². The van der Waals surface area contributed by atoms with Crippen LogP contribution in [0.2, 0.25) is 0 Å². The second-order valence-electron chi connectivity index (χ2n) is 3.48. The number of alkyl halides is 1. The maximum absolute atomic E-state index is 13.3. The summed E-state index contributed by atoms with van der Waals surface area (Å²) >= 11 is 0. The third-order valence-electron chi connectivity index (χ3n) is 2.71. The molecule has 1 aliphatic carbocycles. The molecule has 0 saturated heterocycles. The van der Waals surface area contributed by atoms with Gasteiger partial charge in [-0.1, -0.05) is 0 Å². The van der Waals surface area contributed by atoms with Crippen molar-refractivity contribution in [3.63, 3.8) is 0 Å². The molecule has 0 aliphatic heterocycles. The topological polar surface area (TPSA) is 0 Å². The molecular weight excluding hydrogens is 279 g/mol. The summed E-state index contributed by atoms with van der Waals surface area (Å²) in [5.74, 6) is -10.3. The summed E-state index contributed by atoms with van der Waals surface area (Å²) in [5, 5.41) is -3.86. The molecule has 0 aromatic carbocycles. The van der Waals surface area contributed by atoms with E-state index in [-0.39, 0.29) is 0 Å². The van der Waals surface area contributed by atoms with Gasteiger partial charge in [-0.05, 0) is 0 Å². The Morgan fingerprint density at radius 3 is 1.88 bits per heavy atom. The van der Waals surface area contributed by atoms with Crippen LogP contribution in [0, 0.1) is 0 Å². The zero-order valence-corrected chi connectivity index (χ0v) is 9.31. The Labute approximate surface area is 91.7 Å². The Kier molecular flexibility index (Phi) is 3.58.